The Hall–Kier alpha value is -3.23. The van der Waals surface area contributed by atoms with E-state index in [-0.39, 0.29) is 5.69 Å². The fourth-order valence-electron chi connectivity index (χ4n) is 2.56. The van der Waals surface area contributed by atoms with Crippen molar-refractivity contribution in [1.29, 1.82) is 0 Å². The predicted octanol–water partition coefficient (Wildman–Crippen LogP) is 5.30. The maximum Gasteiger partial charge on any atom is 0.329 e. The summed E-state index contributed by atoms with van der Waals surface area (Å²) in [7, 11) is 0. The first-order chi connectivity index (χ1) is 15.3. The van der Waals surface area contributed by atoms with Crippen LogP contribution in [0.5, 0.6) is 5.75 Å². The van der Waals surface area contributed by atoms with Crippen molar-refractivity contribution < 1.29 is 18.7 Å². The maximum atomic E-state index is 13.8. The molecule has 0 radical (unpaired) electrons. The second-order valence-corrected chi connectivity index (χ2v) is 8.01. The molecule has 0 fully saturated rings. The van der Waals surface area contributed by atoms with Gasteiger partial charge in [-0.25, -0.2) is 9.82 Å². The van der Waals surface area contributed by atoms with Crippen molar-refractivity contribution in [2.45, 2.75) is 13.5 Å². The lowest BCUT2D eigenvalue weighted by molar-refractivity contribution is -0.136. The number of nitrogens with one attached hydrogen (secondary N) is 2. The number of hydrazone groups is 1. The molecule has 2 N–H and O–H groups in total. The van der Waals surface area contributed by atoms with Gasteiger partial charge in [0, 0.05) is 9.50 Å². The number of amides is 2. The molecule has 164 valence electrons. The van der Waals surface area contributed by atoms with Gasteiger partial charge >= 0.3 is 11.8 Å². The van der Waals surface area contributed by atoms with Gasteiger partial charge in [0.2, 0.25) is 0 Å². The van der Waals surface area contributed by atoms with Crippen LogP contribution in [-0.2, 0) is 16.2 Å². The summed E-state index contributed by atoms with van der Waals surface area (Å²) in [6, 6.07) is 18.5. The minimum Gasteiger partial charge on any atom is -0.489 e. The van der Waals surface area contributed by atoms with Gasteiger partial charge in [-0.15, -0.1) is 0 Å². The first-order valence-corrected chi connectivity index (χ1v) is 10.6. The third-order valence-corrected chi connectivity index (χ3v) is 5.05. The van der Waals surface area contributed by atoms with E-state index in [9.17, 15) is 14.0 Å². The molecule has 0 aliphatic heterocycles. The zero-order valence-electron chi connectivity index (χ0n) is 16.9. The monoisotopic (exact) mass is 517 g/mol. The molecule has 0 unspecified atom stereocenters. The number of hydrogen-bond donors (Lipinski definition) is 2. The number of ether oxygens (including phenoxy) is 1. The standard InChI is InChI=1S/C23H18BrClFN3O3/c1-14(28-29-23(31)22(30)27-21-11-6-17(24)12-20(21)26)16-4-9-19(10-5-16)32-13-15-2-7-18(25)8-3-15/h2-12H,13H2,1H3,(H,27,30)(H,29,31)/b28-14+. The topological polar surface area (TPSA) is 79.8 Å². The molecule has 9 heteroatoms. The highest BCUT2D eigenvalue weighted by molar-refractivity contribution is 9.10. The van der Waals surface area contributed by atoms with Gasteiger partial charge in [0.25, 0.3) is 0 Å². The van der Waals surface area contributed by atoms with E-state index in [0.29, 0.717) is 27.6 Å². The van der Waals surface area contributed by atoms with Gasteiger partial charge in [-0.3, -0.25) is 9.59 Å². The first kappa shape index (κ1) is 23.4. The van der Waals surface area contributed by atoms with E-state index in [1.165, 1.54) is 12.1 Å². The van der Waals surface area contributed by atoms with E-state index in [1.807, 2.05) is 12.1 Å². The van der Waals surface area contributed by atoms with Gasteiger partial charge in [0.1, 0.15) is 18.2 Å². The van der Waals surface area contributed by atoms with Crippen molar-refractivity contribution in [3.05, 3.63) is 93.2 Å². The zero-order valence-corrected chi connectivity index (χ0v) is 19.2. The normalized spacial score (nSPS) is 11.1. The Morgan fingerprint density at radius 3 is 2.38 bits per heavy atom. The summed E-state index contributed by atoms with van der Waals surface area (Å²) in [5.74, 6) is -2.06. The molecule has 3 aromatic rings. The molecule has 0 aliphatic rings. The second kappa shape index (κ2) is 10.9. The van der Waals surface area contributed by atoms with Crippen molar-refractivity contribution in [2.75, 3.05) is 5.32 Å². The van der Waals surface area contributed by atoms with Gasteiger partial charge in [-0.1, -0.05) is 39.7 Å². The number of rotatable bonds is 6. The maximum absolute atomic E-state index is 13.8. The van der Waals surface area contributed by atoms with Crippen LogP contribution in [-0.4, -0.2) is 17.5 Å². The van der Waals surface area contributed by atoms with Crippen LogP contribution in [0, 0.1) is 5.82 Å². The Bertz CT molecular complexity index is 1150. The fraction of sp³-hybridized carbons (Fsp3) is 0.0870. The molecular formula is C23H18BrClFN3O3. The lowest BCUT2D eigenvalue weighted by Crippen LogP contribution is -2.33. The Morgan fingerprint density at radius 2 is 1.72 bits per heavy atom. The quantitative estimate of drug-likeness (QED) is 0.264. The number of carbonyl (C=O) groups excluding carboxylic acids is 2. The van der Waals surface area contributed by atoms with E-state index < -0.39 is 17.6 Å². The van der Waals surface area contributed by atoms with Crippen molar-refractivity contribution in [1.82, 2.24) is 5.43 Å². The number of carbonyl (C=O) groups is 2. The summed E-state index contributed by atoms with van der Waals surface area (Å²) >= 11 is 8.99. The number of benzene rings is 3. The molecule has 0 bridgehead atoms. The van der Waals surface area contributed by atoms with E-state index in [0.717, 1.165) is 11.1 Å². The average molecular weight is 519 g/mol. The van der Waals surface area contributed by atoms with Crippen LogP contribution >= 0.6 is 27.5 Å². The fourth-order valence-corrected chi connectivity index (χ4v) is 3.02. The van der Waals surface area contributed by atoms with E-state index >= 15 is 0 Å². The van der Waals surface area contributed by atoms with Crippen LogP contribution in [0.3, 0.4) is 0 Å². The zero-order chi connectivity index (χ0) is 23.1. The predicted molar refractivity (Wildman–Crippen MR) is 125 cm³/mol. The minimum absolute atomic E-state index is 0.108. The Balaban J connectivity index is 1.53. The van der Waals surface area contributed by atoms with Gasteiger partial charge in [-0.2, -0.15) is 5.10 Å². The summed E-state index contributed by atoms with van der Waals surface area (Å²) in [5, 5.41) is 6.79. The highest BCUT2D eigenvalue weighted by Gasteiger charge is 2.15. The molecule has 0 aliphatic carbocycles. The highest BCUT2D eigenvalue weighted by atomic mass is 79.9. The van der Waals surface area contributed by atoms with Crippen molar-refractivity contribution >= 4 is 50.7 Å². The Labute approximate surface area is 197 Å². The molecule has 3 aromatic carbocycles. The van der Waals surface area contributed by atoms with Crippen LogP contribution < -0.4 is 15.5 Å². The number of nitrogens with zero attached hydrogens (tertiary/aromatic N) is 1. The summed E-state index contributed by atoms with van der Waals surface area (Å²) in [6.07, 6.45) is 0. The lowest BCUT2D eigenvalue weighted by atomic mass is 10.1. The molecule has 0 saturated heterocycles. The summed E-state index contributed by atoms with van der Waals surface area (Å²) < 4.78 is 20.0. The summed E-state index contributed by atoms with van der Waals surface area (Å²) in [5.41, 5.74) is 4.24. The van der Waals surface area contributed by atoms with Gasteiger partial charge < -0.3 is 10.1 Å². The number of hydrogen-bond acceptors (Lipinski definition) is 4. The third kappa shape index (κ3) is 6.63. The molecule has 0 atom stereocenters. The van der Waals surface area contributed by atoms with E-state index in [4.69, 9.17) is 16.3 Å². The van der Waals surface area contributed by atoms with Crippen LogP contribution in [0.15, 0.2) is 76.3 Å². The third-order valence-electron chi connectivity index (χ3n) is 4.30. The van der Waals surface area contributed by atoms with Crippen LogP contribution in [0.1, 0.15) is 18.1 Å². The van der Waals surface area contributed by atoms with Crippen LogP contribution in [0.2, 0.25) is 5.02 Å². The Morgan fingerprint density at radius 1 is 1.03 bits per heavy atom. The molecule has 2 amide bonds. The molecule has 0 saturated carbocycles. The molecular weight excluding hydrogens is 501 g/mol. The number of halogens is 3. The van der Waals surface area contributed by atoms with Gasteiger partial charge in [0.05, 0.1) is 11.4 Å². The SMILES string of the molecule is C/C(=N\NC(=O)C(=O)Nc1ccc(Br)cc1F)c1ccc(OCc2ccc(Cl)cc2)cc1. The lowest BCUT2D eigenvalue weighted by Gasteiger charge is -2.08. The largest absolute Gasteiger partial charge is 0.489 e. The van der Waals surface area contributed by atoms with Gasteiger partial charge in [-0.05, 0) is 72.6 Å². The molecule has 6 nitrogen and oxygen atoms in total. The van der Waals surface area contributed by atoms with Crippen LogP contribution in [0.25, 0.3) is 0 Å². The highest BCUT2D eigenvalue weighted by Crippen LogP contribution is 2.19. The average Bonchev–Trinajstić information content (AvgIpc) is 2.79. The van der Waals surface area contributed by atoms with Crippen molar-refractivity contribution in [3.63, 3.8) is 0 Å². The molecule has 3 rings (SSSR count). The molecule has 32 heavy (non-hydrogen) atoms. The van der Waals surface area contributed by atoms with Crippen LogP contribution in [0.4, 0.5) is 10.1 Å². The number of anilines is 1. The Kier molecular flexibility index (Phi) is 7.97. The van der Waals surface area contributed by atoms with Gasteiger partial charge in [0.15, 0.2) is 0 Å². The first-order valence-electron chi connectivity index (χ1n) is 9.40. The second-order valence-electron chi connectivity index (χ2n) is 6.66. The van der Waals surface area contributed by atoms with Crippen molar-refractivity contribution in [3.8, 4) is 5.75 Å². The van der Waals surface area contributed by atoms with E-state index in [1.54, 1.807) is 49.4 Å². The van der Waals surface area contributed by atoms with Crippen molar-refractivity contribution in [2.24, 2.45) is 5.10 Å². The molecule has 0 aromatic heterocycles. The molecule has 0 heterocycles. The summed E-state index contributed by atoms with van der Waals surface area (Å²) in [4.78, 5) is 23.9. The smallest absolute Gasteiger partial charge is 0.329 e. The molecule has 0 spiro atoms. The minimum atomic E-state index is -1.03. The van der Waals surface area contributed by atoms with E-state index in [2.05, 4.69) is 31.8 Å². The summed E-state index contributed by atoms with van der Waals surface area (Å²) in [6.45, 7) is 2.07.